The van der Waals surface area contributed by atoms with E-state index < -0.39 is 0 Å². The van der Waals surface area contributed by atoms with Crippen molar-refractivity contribution in [3.63, 3.8) is 0 Å². The van der Waals surface area contributed by atoms with E-state index in [2.05, 4.69) is 17.1 Å². The van der Waals surface area contributed by atoms with Crippen LogP contribution >= 0.6 is 34.8 Å². The monoisotopic (exact) mass is 470 g/mol. The summed E-state index contributed by atoms with van der Waals surface area (Å²) in [6, 6.07) is 9.90. The number of rotatable bonds is 10. The van der Waals surface area contributed by atoms with E-state index in [9.17, 15) is 0 Å². The fraction of sp³-hybridized carbons (Fsp3) is 0.478. The third-order valence-corrected chi connectivity index (χ3v) is 6.39. The Kier molecular flexibility index (Phi) is 8.97. The maximum Gasteiger partial charge on any atom is 0.180 e. The molecule has 0 bridgehead atoms. The van der Waals surface area contributed by atoms with Crippen LogP contribution in [0.5, 0.6) is 11.5 Å². The van der Waals surface area contributed by atoms with Gasteiger partial charge in [0.2, 0.25) is 0 Å². The molecule has 1 atom stereocenters. The molecule has 0 saturated carbocycles. The zero-order valence-electron chi connectivity index (χ0n) is 17.5. The summed E-state index contributed by atoms with van der Waals surface area (Å²) in [6.07, 6.45) is 2.53. The number of hydrogen-bond acceptors (Lipinski definition) is 4. The molecule has 1 heterocycles. The number of ether oxygens (including phenoxy) is 2. The molecule has 1 aliphatic heterocycles. The molecule has 2 aromatic rings. The zero-order valence-corrected chi connectivity index (χ0v) is 19.8. The predicted molar refractivity (Wildman–Crippen MR) is 125 cm³/mol. The Balaban J connectivity index is 1.67. The first kappa shape index (κ1) is 23.5. The second-order valence-corrected chi connectivity index (χ2v) is 8.60. The Hall–Kier alpha value is -1.17. The van der Waals surface area contributed by atoms with Crippen LogP contribution in [0.3, 0.4) is 0 Å². The molecule has 164 valence electrons. The molecule has 0 aliphatic carbocycles. The lowest BCUT2D eigenvalue weighted by atomic mass is 10.1. The fourth-order valence-corrected chi connectivity index (χ4v) is 4.66. The molecule has 7 heteroatoms. The number of likely N-dealkylation sites (N-methyl/N-ethyl adjacent to an activating group) is 1. The summed E-state index contributed by atoms with van der Waals surface area (Å²) < 4.78 is 11.8. The molecule has 30 heavy (non-hydrogen) atoms. The largest absolute Gasteiger partial charge is 0.490 e. The molecular formula is C23H29Cl3N2O2. The summed E-state index contributed by atoms with van der Waals surface area (Å²) in [4.78, 5) is 2.53. The first-order valence-electron chi connectivity index (χ1n) is 10.5. The number of nitrogens with zero attached hydrogens (tertiary/aromatic N) is 1. The fourth-order valence-electron chi connectivity index (χ4n) is 3.87. The van der Waals surface area contributed by atoms with Gasteiger partial charge in [-0.05, 0) is 62.7 Å². The van der Waals surface area contributed by atoms with Crippen LogP contribution in [0.1, 0.15) is 37.8 Å². The number of likely N-dealkylation sites (tertiary alicyclic amines) is 1. The van der Waals surface area contributed by atoms with Crippen LogP contribution in [0.4, 0.5) is 0 Å². The van der Waals surface area contributed by atoms with E-state index in [0.29, 0.717) is 39.2 Å². The van der Waals surface area contributed by atoms with Gasteiger partial charge in [0.05, 0.1) is 11.6 Å². The van der Waals surface area contributed by atoms with E-state index in [-0.39, 0.29) is 6.61 Å². The molecule has 0 amide bonds. The standard InChI is InChI=1S/C23H29Cl3N2O2/c1-3-28-10-6-7-17(28)14-27-13-16-11-21(26)23(22(12-16)29-4-2)30-15-18-19(24)8-5-9-20(18)25/h5,8-9,11-12,17,27H,3-4,6-7,10,13-15H2,1-2H3/t17-/m0/s1. The van der Waals surface area contributed by atoms with Crippen molar-refractivity contribution in [2.24, 2.45) is 0 Å². The van der Waals surface area contributed by atoms with E-state index in [1.165, 1.54) is 19.4 Å². The van der Waals surface area contributed by atoms with Gasteiger partial charge < -0.3 is 14.8 Å². The first-order chi connectivity index (χ1) is 14.5. The lowest BCUT2D eigenvalue weighted by molar-refractivity contribution is 0.259. The summed E-state index contributed by atoms with van der Waals surface area (Å²) >= 11 is 19.1. The van der Waals surface area contributed by atoms with Crippen LogP contribution < -0.4 is 14.8 Å². The second-order valence-electron chi connectivity index (χ2n) is 7.38. The molecule has 3 rings (SSSR count). The van der Waals surface area contributed by atoms with Gasteiger partial charge in [0.15, 0.2) is 11.5 Å². The van der Waals surface area contributed by atoms with Crippen LogP contribution in [-0.2, 0) is 13.2 Å². The van der Waals surface area contributed by atoms with Gasteiger partial charge >= 0.3 is 0 Å². The smallest absolute Gasteiger partial charge is 0.180 e. The minimum Gasteiger partial charge on any atom is -0.490 e. The van der Waals surface area contributed by atoms with Gasteiger partial charge in [-0.3, -0.25) is 4.90 Å². The molecule has 0 spiro atoms. The molecule has 1 aliphatic rings. The molecular weight excluding hydrogens is 443 g/mol. The maximum atomic E-state index is 6.56. The molecule has 1 fully saturated rings. The third-order valence-electron chi connectivity index (χ3n) is 5.41. The van der Waals surface area contributed by atoms with Crippen LogP contribution in [-0.4, -0.2) is 37.2 Å². The highest BCUT2D eigenvalue weighted by Crippen LogP contribution is 2.38. The third kappa shape index (κ3) is 5.95. The molecule has 0 aromatic heterocycles. The van der Waals surface area contributed by atoms with Crippen molar-refractivity contribution in [2.45, 2.75) is 45.9 Å². The van der Waals surface area contributed by atoms with Gasteiger partial charge in [-0.25, -0.2) is 0 Å². The molecule has 0 unspecified atom stereocenters. The average molecular weight is 472 g/mol. The highest BCUT2D eigenvalue weighted by Gasteiger charge is 2.22. The van der Waals surface area contributed by atoms with Crippen molar-refractivity contribution in [1.82, 2.24) is 10.2 Å². The van der Waals surface area contributed by atoms with Gasteiger partial charge in [0.25, 0.3) is 0 Å². The zero-order chi connectivity index (χ0) is 21.5. The molecule has 1 N–H and O–H groups in total. The highest BCUT2D eigenvalue weighted by atomic mass is 35.5. The average Bonchev–Trinajstić information content (AvgIpc) is 3.17. The summed E-state index contributed by atoms with van der Waals surface area (Å²) in [6.45, 7) is 8.89. The minimum atomic E-state index is 0.213. The quantitative estimate of drug-likeness (QED) is 0.447. The molecule has 2 aromatic carbocycles. The van der Waals surface area contributed by atoms with Crippen LogP contribution in [0.25, 0.3) is 0 Å². The van der Waals surface area contributed by atoms with Crippen molar-refractivity contribution >= 4 is 34.8 Å². The van der Waals surface area contributed by atoms with E-state index in [1.54, 1.807) is 18.2 Å². The number of halogens is 3. The number of hydrogen-bond donors (Lipinski definition) is 1. The van der Waals surface area contributed by atoms with Crippen LogP contribution in [0.15, 0.2) is 30.3 Å². The molecule has 1 saturated heterocycles. The van der Waals surface area contributed by atoms with Crippen molar-refractivity contribution in [3.8, 4) is 11.5 Å². The summed E-state index contributed by atoms with van der Waals surface area (Å²) in [5.74, 6) is 1.13. The van der Waals surface area contributed by atoms with E-state index in [4.69, 9.17) is 44.3 Å². The summed E-state index contributed by atoms with van der Waals surface area (Å²) in [7, 11) is 0. The Morgan fingerprint density at radius 1 is 1.07 bits per heavy atom. The van der Waals surface area contributed by atoms with Crippen molar-refractivity contribution in [1.29, 1.82) is 0 Å². The molecule has 4 nitrogen and oxygen atoms in total. The second kappa shape index (κ2) is 11.4. The lowest BCUT2D eigenvalue weighted by Crippen LogP contribution is -2.37. The topological polar surface area (TPSA) is 33.7 Å². The Bertz CT molecular complexity index is 827. The van der Waals surface area contributed by atoms with Gasteiger partial charge in [-0.2, -0.15) is 0 Å². The summed E-state index contributed by atoms with van der Waals surface area (Å²) in [5.41, 5.74) is 1.79. The van der Waals surface area contributed by atoms with E-state index >= 15 is 0 Å². The maximum absolute atomic E-state index is 6.56. The Morgan fingerprint density at radius 2 is 1.83 bits per heavy atom. The van der Waals surface area contributed by atoms with Gasteiger partial charge in [-0.15, -0.1) is 0 Å². The highest BCUT2D eigenvalue weighted by molar-refractivity contribution is 6.36. The minimum absolute atomic E-state index is 0.213. The molecule has 0 radical (unpaired) electrons. The normalized spacial score (nSPS) is 16.8. The van der Waals surface area contributed by atoms with Crippen LogP contribution in [0, 0.1) is 0 Å². The number of benzene rings is 2. The number of nitrogens with one attached hydrogen (secondary N) is 1. The SMILES string of the molecule is CCOc1cc(CNC[C@@H]2CCCN2CC)cc(Cl)c1OCc1c(Cl)cccc1Cl. The van der Waals surface area contributed by atoms with Crippen molar-refractivity contribution in [2.75, 3.05) is 26.2 Å². The predicted octanol–water partition coefficient (Wildman–Crippen LogP) is 6.20. The Labute approximate surface area is 194 Å². The van der Waals surface area contributed by atoms with Gasteiger partial charge in [0.1, 0.15) is 6.61 Å². The van der Waals surface area contributed by atoms with Crippen molar-refractivity contribution < 1.29 is 9.47 Å². The summed E-state index contributed by atoms with van der Waals surface area (Å²) in [5, 5.41) is 5.20. The first-order valence-corrected chi connectivity index (χ1v) is 11.6. The van der Waals surface area contributed by atoms with E-state index in [1.807, 2.05) is 19.1 Å². The van der Waals surface area contributed by atoms with Crippen molar-refractivity contribution in [3.05, 3.63) is 56.5 Å². The van der Waals surface area contributed by atoms with E-state index in [0.717, 1.165) is 30.8 Å². The Morgan fingerprint density at radius 3 is 2.53 bits per heavy atom. The van der Waals surface area contributed by atoms with Gasteiger partial charge in [0, 0.05) is 34.7 Å². The lowest BCUT2D eigenvalue weighted by Gasteiger charge is -2.23. The van der Waals surface area contributed by atoms with Crippen LogP contribution in [0.2, 0.25) is 15.1 Å². The van der Waals surface area contributed by atoms with Gasteiger partial charge in [-0.1, -0.05) is 47.8 Å².